The van der Waals surface area contributed by atoms with Gasteiger partial charge in [0.15, 0.2) is 0 Å². The molecule has 0 aliphatic carbocycles. The second kappa shape index (κ2) is 9.02. The summed E-state index contributed by atoms with van der Waals surface area (Å²) < 4.78 is 19.4. The predicted molar refractivity (Wildman–Crippen MR) is 90.2 cm³/mol. The number of benzene rings is 1. The first-order chi connectivity index (χ1) is 12.9. The van der Waals surface area contributed by atoms with Gasteiger partial charge in [-0.3, -0.25) is 9.69 Å². The average Bonchev–Trinajstić information content (AvgIpc) is 3.11. The number of rotatable bonds is 5. The first kappa shape index (κ1) is 20.2. The summed E-state index contributed by atoms with van der Waals surface area (Å²) in [6.45, 7) is -0.0686. The number of likely N-dealkylation sites (tertiary alicyclic amines) is 1. The Bertz CT molecular complexity index is 705. The van der Waals surface area contributed by atoms with Gasteiger partial charge >= 0.3 is 24.0 Å². The van der Waals surface area contributed by atoms with Crippen molar-refractivity contribution in [2.75, 3.05) is 21.3 Å². The second-order valence-corrected chi connectivity index (χ2v) is 5.82. The molecule has 146 valence electrons. The molecule has 1 fully saturated rings. The number of methoxy groups -OCH3 is 3. The minimum atomic E-state index is -1.35. The first-order valence-electron chi connectivity index (χ1n) is 8.17. The van der Waals surface area contributed by atoms with Crippen LogP contribution in [0, 0.1) is 5.92 Å². The molecule has 3 atom stereocenters. The molecule has 0 unspecified atom stereocenters. The smallest absolute Gasteiger partial charge is 0.411 e. The van der Waals surface area contributed by atoms with Gasteiger partial charge in [-0.25, -0.2) is 14.4 Å². The van der Waals surface area contributed by atoms with Crippen LogP contribution in [0.5, 0.6) is 0 Å². The van der Waals surface area contributed by atoms with Gasteiger partial charge in [-0.05, 0) is 12.0 Å². The molecule has 1 aromatic carbocycles. The minimum absolute atomic E-state index is 0.0686. The van der Waals surface area contributed by atoms with Crippen molar-refractivity contribution in [3.63, 3.8) is 0 Å². The normalized spacial score (nSPS) is 21.3. The highest BCUT2D eigenvalue weighted by molar-refractivity contribution is 5.93. The third kappa shape index (κ3) is 4.36. The van der Waals surface area contributed by atoms with Gasteiger partial charge in [0.2, 0.25) is 0 Å². The summed E-state index contributed by atoms with van der Waals surface area (Å²) in [7, 11) is 3.42. The van der Waals surface area contributed by atoms with Crippen molar-refractivity contribution < 1.29 is 38.1 Å². The molecule has 1 aromatic rings. The Hall–Kier alpha value is -3.10. The van der Waals surface area contributed by atoms with Crippen LogP contribution in [-0.4, -0.2) is 62.3 Å². The zero-order valence-corrected chi connectivity index (χ0v) is 15.2. The van der Waals surface area contributed by atoms with Crippen molar-refractivity contribution >= 4 is 24.0 Å². The molecule has 27 heavy (non-hydrogen) atoms. The summed E-state index contributed by atoms with van der Waals surface area (Å²) >= 11 is 0. The molecule has 0 radical (unpaired) electrons. The molecular weight excluding hydrogens is 358 g/mol. The third-order valence-corrected chi connectivity index (χ3v) is 4.33. The number of carbonyl (C=O) groups is 4. The van der Waals surface area contributed by atoms with Gasteiger partial charge in [-0.1, -0.05) is 30.3 Å². The van der Waals surface area contributed by atoms with Crippen molar-refractivity contribution in [1.29, 1.82) is 0 Å². The third-order valence-electron chi connectivity index (χ3n) is 4.33. The summed E-state index contributed by atoms with van der Waals surface area (Å²) in [6.07, 6.45) is -1.07. The predicted octanol–water partition coefficient (Wildman–Crippen LogP) is 0.901. The largest absolute Gasteiger partial charge is 0.469 e. The SMILES string of the molecule is COC(=O)[C@H]1C[C@@H](C(=O)OC)N(C(=O)OCc2ccccc2)[C@@H]1C(=O)OC. The fraction of sp³-hybridized carbons (Fsp3) is 0.444. The van der Waals surface area contributed by atoms with Gasteiger partial charge in [-0.2, -0.15) is 0 Å². The summed E-state index contributed by atoms with van der Waals surface area (Å²) in [6, 6.07) is 6.35. The van der Waals surface area contributed by atoms with Crippen LogP contribution < -0.4 is 0 Å². The molecular formula is C18H21NO8. The van der Waals surface area contributed by atoms with Crippen LogP contribution in [-0.2, 0) is 39.9 Å². The highest BCUT2D eigenvalue weighted by atomic mass is 16.6. The van der Waals surface area contributed by atoms with Crippen LogP contribution in [0.1, 0.15) is 12.0 Å². The van der Waals surface area contributed by atoms with E-state index in [-0.39, 0.29) is 13.0 Å². The van der Waals surface area contributed by atoms with Crippen LogP contribution >= 0.6 is 0 Å². The van der Waals surface area contributed by atoms with Crippen LogP contribution in [0.4, 0.5) is 4.79 Å². The van der Waals surface area contributed by atoms with E-state index in [1.165, 1.54) is 0 Å². The summed E-state index contributed by atoms with van der Waals surface area (Å²) in [5, 5.41) is 0. The minimum Gasteiger partial charge on any atom is -0.469 e. The molecule has 0 bridgehead atoms. The maximum atomic E-state index is 12.7. The van der Waals surface area contributed by atoms with E-state index in [4.69, 9.17) is 18.9 Å². The molecule has 1 heterocycles. The molecule has 1 amide bonds. The van der Waals surface area contributed by atoms with Crippen molar-refractivity contribution in [3.05, 3.63) is 35.9 Å². The highest BCUT2D eigenvalue weighted by Crippen LogP contribution is 2.33. The number of ether oxygens (including phenoxy) is 4. The number of hydrogen-bond donors (Lipinski definition) is 0. The van der Waals surface area contributed by atoms with E-state index in [1.807, 2.05) is 6.07 Å². The lowest BCUT2D eigenvalue weighted by Gasteiger charge is -2.27. The van der Waals surface area contributed by atoms with Crippen molar-refractivity contribution in [2.45, 2.75) is 25.1 Å². The van der Waals surface area contributed by atoms with Gasteiger partial charge in [0.1, 0.15) is 18.7 Å². The molecule has 9 heteroatoms. The van der Waals surface area contributed by atoms with Crippen molar-refractivity contribution in [1.82, 2.24) is 4.90 Å². The lowest BCUT2D eigenvalue weighted by molar-refractivity contribution is -0.156. The fourth-order valence-electron chi connectivity index (χ4n) is 3.03. The number of esters is 3. The van der Waals surface area contributed by atoms with Crippen LogP contribution in [0.25, 0.3) is 0 Å². The highest BCUT2D eigenvalue weighted by Gasteiger charge is 2.55. The van der Waals surface area contributed by atoms with Crippen molar-refractivity contribution in [3.8, 4) is 0 Å². The lowest BCUT2D eigenvalue weighted by atomic mass is 9.99. The van der Waals surface area contributed by atoms with E-state index in [0.29, 0.717) is 0 Å². The summed E-state index contributed by atoms with van der Waals surface area (Å²) in [5.74, 6) is -3.44. The Kier molecular flexibility index (Phi) is 6.75. The van der Waals surface area contributed by atoms with Crippen LogP contribution in [0.15, 0.2) is 30.3 Å². The zero-order valence-electron chi connectivity index (χ0n) is 15.2. The van der Waals surface area contributed by atoms with Crippen molar-refractivity contribution in [2.24, 2.45) is 5.92 Å². The summed E-state index contributed by atoms with van der Waals surface area (Å²) in [5.41, 5.74) is 0.721. The molecule has 0 spiro atoms. The van der Waals surface area contributed by atoms with Crippen LogP contribution in [0.3, 0.4) is 0 Å². The van der Waals surface area contributed by atoms with E-state index in [9.17, 15) is 19.2 Å². The lowest BCUT2D eigenvalue weighted by Crippen LogP contribution is -2.50. The standard InChI is InChI=1S/C18H21NO8/c1-24-15(20)12-9-13(16(21)25-2)19(14(12)17(22)26-3)18(23)27-10-11-7-5-4-6-8-11/h4-8,12-14H,9-10H2,1-3H3/t12-,13-,14-/m0/s1. The Balaban J connectivity index is 2.29. The van der Waals surface area contributed by atoms with Gasteiger partial charge in [0, 0.05) is 0 Å². The van der Waals surface area contributed by atoms with Gasteiger partial charge in [0.25, 0.3) is 0 Å². The number of carbonyl (C=O) groups excluding carboxylic acids is 4. The average molecular weight is 379 g/mol. The van der Waals surface area contributed by atoms with E-state index < -0.39 is 42.0 Å². The Labute approximate surface area is 156 Å². The molecule has 9 nitrogen and oxygen atoms in total. The molecule has 1 aliphatic heterocycles. The van der Waals surface area contributed by atoms with Crippen LogP contribution in [0.2, 0.25) is 0 Å². The van der Waals surface area contributed by atoms with Gasteiger partial charge < -0.3 is 18.9 Å². The van der Waals surface area contributed by atoms with E-state index in [1.54, 1.807) is 24.3 Å². The molecule has 2 rings (SSSR count). The number of hydrogen-bond acceptors (Lipinski definition) is 8. The maximum Gasteiger partial charge on any atom is 0.411 e. The molecule has 1 saturated heterocycles. The second-order valence-electron chi connectivity index (χ2n) is 5.82. The topological polar surface area (TPSA) is 108 Å². The molecule has 0 saturated carbocycles. The zero-order chi connectivity index (χ0) is 20.0. The van der Waals surface area contributed by atoms with E-state index >= 15 is 0 Å². The monoisotopic (exact) mass is 379 g/mol. The fourth-order valence-corrected chi connectivity index (χ4v) is 3.03. The van der Waals surface area contributed by atoms with E-state index in [2.05, 4.69) is 0 Å². The van der Waals surface area contributed by atoms with Gasteiger partial charge in [-0.15, -0.1) is 0 Å². The summed E-state index contributed by atoms with van der Waals surface area (Å²) in [4.78, 5) is 50.1. The van der Waals surface area contributed by atoms with Gasteiger partial charge in [0.05, 0.1) is 27.2 Å². The Morgan fingerprint density at radius 3 is 2.07 bits per heavy atom. The Morgan fingerprint density at radius 1 is 0.926 bits per heavy atom. The first-order valence-corrected chi connectivity index (χ1v) is 8.17. The quantitative estimate of drug-likeness (QED) is 0.548. The maximum absolute atomic E-state index is 12.7. The molecule has 0 N–H and O–H groups in total. The number of amides is 1. The number of nitrogens with zero attached hydrogens (tertiary/aromatic N) is 1. The molecule has 1 aliphatic rings. The Morgan fingerprint density at radius 2 is 1.52 bits per heavy atom. The molecule has 0 aromatic heterocycles. The van der Waals surface area contributed by atoms with E-state index in [0.717, 1.165) is 31.8 Å².